The molecule has 5 nitrogen and oxygen atoms in total. The Balaban J connectivity index is 0.00000256. The van der Waals surface area contributed by atoms with Crippen LogP contribution in [0.25, 0.3) is 22.0 Å². The van der Waals surface area contributed by atoms with E-state index in [1.165, 1.54) is 16.7 Å². The molecule has 0 bridgehead atoms. The number of primary amides is 1. The van der Waals surface area contributed by atoms with Crippen LogP contribution in [0.5, 0.6) is 0 Å². The van der Waals surface area contributed by atoms with Gasteiger partial charge in [0, 0.05) is 41.3 Å². The Hall–Kier alpha value is -3.12. The monoisotopic (exact) mass is 464 g/mol. The Morgan fingerprint density at radius 2 is 1.70 bits per heavy atom. The molecule has 0 aliphatic heterocycles. The van der Waals surface area contributed by atoms with Crippen LogP contribution in [0.1, 0.15) is 18.4 Å². The lowest BCUT2D eigenvalue weighted by molar-refractivity contribution is -0.697. The first-order valence-electron chi connectivity index (χ1n) is 9.90. The Morgan fingerprint density at radius 3 is 2.43 bits per heavy atom. The number of hydrogen-bond donors (Lipinski definition) is 3. The number of aromatic nitrogens is 2. The number of hydrogen-bond acceptors (Lipinski definition) is 1. The zero-order valence-electron chi connectivity index (χ0n) is 16.6. The molecule has 2 heterocycles. The van der Waals surface area contributed by atoms with Crippen LogP contribution in [0.4, 0.5) is 10.5 Å². The Labute approximate surface area is 186 Å². The summed E-state index contributed by atoms with van der Waals surface area (Å²) in [6, 6.07) is 20.0. The van der Waals surface area contributed by atoms with Crippen LogP contribution < -0.4 is 32.6 Å². The quantitative estimate of drug-likeness (QED) is 0.282. The van der Waals surface area contributed by atoms with Gasteiger partial charge in [-0.1, -0.05) is 30.3 Å². The van der Waals surface area contributed by atoms with Gasteiger partial charge in [0.25, 0.3) is 0 Å². The number of aromatic amines is 1. The van der Waals surface area contributed by atoms with Gasteiger partial charge >= 0.3 is 6.03 Å². The van der Waals surface area contributed by atoms with Crippen molar-refractivity contribution in [2.45, 2.75) is 25.8 Å². The van der Waals surface area contributed by atoms with Crippen molar-refractivity contribution in [1.29, 1.82) is 0 Å². The van der Waals surface area contributed by atoms with E-state index >= 15 is 0 Å². The highest BCUT2D eigenvalue weighted by atomic mass is 79.9. The number of benzene rings is 2. The van der Waals surface area contributed by atoms with Crippen molar-refractivity contribution in [3.05, 3.63) is 84.8 Å². The molecule has 2 aromatic carbocycles. The maximum atomic E-state index is 11.1. The highest BCUT2D eigenvalue weighted by molar-refractivity contribution is 5.93. The number of urea groups is 1. The van der Waals surface area contributed by atoms with Crippen molar-refractivity contribution < 1.29 is 26.3 Å². The van der Waals surface area contributed by atoms with Gasteiger partial charge in [0.2, 0.25) is 0 Å². The Morgan fingerprint density at radius 1 is 0.967 bits per heavy atom. The van der Waals surface area contributed by atoms with Gasteiger partial charge in [-0.05, 0) is 47.7 Å². The van der Waals surface area contributed by atoms with Gasteiger partial charge in [0.1, 0.15) is 6.54 Å². The first kappa shape index (κ1) is 21.6. The number of nitrogens with zero attached hydrogens (tertiary/aromatic N) is 1. The van der Waals surface area contributed by atoms with E-state index in [0.29, 0.717) is 0 Å². The molecule has 0 aliphatic carbocycles. The smallest absolute Gasteiger partial charge is 0.316 e. The van der Waals surface area contributed by atoms with Crippen LogP contribution in [0, 0.1) is 0 Å². The van der Waals surface area contributed by atoms with Crippen molar-refractivity contribution in [3.8, 4) is 11.1 Å². The first-order chi connectivity index (χ1) is 14.2. The molecule has 4 rings (SSSR count). The van der Waals surface area contributed by atoms with Crippen molar-refractivity contribution in [2.75, 3.05) is 5.32 Å². The molecule has 4 aromatic rings. The van der Waals surface area contributed by atoms with Gasteiger partial charge in [-0.2, -0.15) is 0 Å². The summed E-state index contributed by atoms with van der Waals surface area (Å²) in [7, 11) is 0. The standard InChI is InChI=1S/C24H24N4O.BrH/c25-24(29)27-21-9-10-23-22(16-21)20(17-26-23)8-4-5-13-28-14-11-19(12-15-28)18-6-2-1-3-7-18;/h1-3,6-7,9-12,14-17,26H,4-5,8,13H2,(H2-,25,27,29);1H. The van der Waals surface area contributed by atoms with E-state index in [0.717, 1.165) is 42.4 Å². The van der Waals surface area contributed by atoms with Gasteiger partial charge in [0.15, 0.2) is 12.4 Å². The molecule has 0 atom stereocenters. The second-order valence-electron chi connectivity index (χ2n) is 7.21. The fraction of sp³-hybridized carbons (Fsp3) is 0.167. The highest BCUT2D eigenvalue weighted by Gasteiger charge is 2.07. The summed E-state index contributed by atoms with van der Waals surface area (Å²) in [5.41, 5.74) is 10.7. The topological polar surface area (TPSA) is 74.8 Å². The average molecular weight is 465 g/mol. The predicted molar refractivity (Wildman–Crippen MR) is 117 cm³/mol. The van der Waals surface area contributed by atoms with Crippen molar-refractivity contribution >= 4 is 22.6 Å². The molecule has 0 saturated heterocycles. The Kier molecular flexibility index (Phi) is 7.25. The molecule has 0 saturated carbocycles. The molecule has 0 radical (unpaired) electrons. The molecule has 0 aliphatic rings. The summed E-state index contributed by atoms with van der Waals surface area (Å²) in [5, 5.41) is 3.78. The third-order valence-corrected chi connectivity index (χ3v) is 5.15. The minimum Gasteiger partial charge on any atom is -1.00 e. The van der Waals surface area contributed by atoms with E-state index < -0.39 is 6.03 Å². The van der Waals surface area contributed by atoms with Gasteiger partial charge in [-0.15, -0.1) is 0 Å². The lowest BCUT2D eigenvalue weighted by Crippen LogP contribution is -3.00. The van der Waals surface area contributed by atoms with Crippen LogP contribution in [0.3, 0.4) is 0 Å². The van der Waals surface area contributed by atoms with Crippen molar-refractivity contribution in [3.63, 3.8) is 0 Å². The minimum absolute atomic E-state index is 0. The van der Waals surface area contributed by atoms with Crippen LogP contribution >= 0.6 is 0 Å². The second kappa shape index (κ2) is 10.1. The lowest BCUT2D eigenvalue weighted by atomic mass is 10.1. The van der Waals surface area contributed by atoms with Crippen LogP contribution in [0.15, 0.2) is 79.3 Å². The summed E-state index contributed by atoms with van der Waals surface area (Å²) >= 11 is 0. The number of fused-ring (bicyclic) bond motifs is 1. The molecular formula is C24H25BrN4O. The summed E-state index contributed by atoms with van der Waals surface area (Å²) in [5.74, 6) is 0. The van der Waals surface area contributed by atoms with Gasteiger partial charge in [0.05, 0.1) is 0 Å². The summed E-state index contributed by atoms with van der Waals surface area (Å²) in [6.45, 7) is 0.992. The highest BCUT2D eigenvalue weighted by Crippen LogP contribution is 2.24. The van der Waals surface area contributed by atoms with Crippen LogP contribution in [0.2, 0.25) is 0 Å². The third kappa shape index (κ3) is 5.27. The minimum atomic E-state index is -0.545. The van der Waals surface area contributed by atoms with Crippen molar-refractivity contribution in [2.24, 2.45) is 5.73 Å². The third-order valence-electron chi connectivity index (χ3n) is 5.15. The summed E-state index contributed by atoms with van der Waals surface area (Å²) in [4.78, 5) is 14.4. The molecule has 4 N–H and O–H groups in total. The molecule has 6 heteroatoms. The fourth-order valence-corrected chi connectivity index (χ4v) is 3.64. The number of anilines is 1. The summed E-state index contributed by atoms with van der Waals surface area (Å²) < 4.78 is 2.23. The largest absolute Gasteiger partial charge is 1.00 e. The molecule has 30 heavy (non-hydrogen) atoms. The number of amides is 2. The SMILES string of the molecule is NC(=O)Nc1ccc2[nH]cc(CCCC[n+]3ccc(-c4ccccc4)cc3)c2c1.[Br-]. The van der Waals surface area contributed by atoms with Crippen LogP contribution in [-0.4, -0.2) is 11.0 Å². The fourth-order valence-electron chi connectivity index (χ4n) is 3.64. The maximum Gasteiger partial charge on any atom is 0.316 e. The van der Waals surface area contributed by atoms with E-state index in [1.807, 2.05) is 24.3 Å². The number of carbonyl (C=O) groups is 1. The number of unbranched alkanes of at least 4 members (excludes halogenated alkanes) is 1. The van der Waals surface area contributed by atoms with E-state index in [4.69, 9.17) is 5.73 Å². The van der Waals surface area contributed by atoms with E-state index in [1.54, 1.807) is 0 Å². The molecule has 0 unspecified atom stereocenters. The maximum absolute atomic E-state index is 11.1. The van der Waals surface area contributed by atoms with Crippen LogP contribution in [-0.2, 0) is 13.0 Å². The van der Waals surface area contributed by atoms with E-state index in [2.05, 4.69) is 69.9 Å². The molecular weight excluding hydrogens is 440 g/mol. The predicted octanol–water partition coefficient (Wildman–Crippen LogP) is 1.64. The molecule has 2 aromatic heterocycles. The number of rotatable bonds is 7. The number of pyridine rings is 1. The number of carbonyl (C=O) groups excluding carboxylic acids is 1. The van der Waals surface area contributed by atoms with E-state index in [9.17, 15) is 4.79 Å². The zero-order chi connectivity index (χ0) is 20.1. The van der Waals surface area contributed by atoms with Gasteiger partial charge < -0.3 is 33.0 Å². The van der Waals surface area contributed by atoms with Gasteiger partial charge in [-0.3, -0.25) is 0 Å². The number of aryl methyl sites for hydroxylation is 2. The first-order valence-corrected chi connectivity index (χ1v) is 9.90. The summed E-state index contributed by atoms with van der Waals surface area (Å²) in [6.07, 6.45) is 9.53. The Bertz CT molecular complexity index is 1110. The van der Waals surface area contributed by atoms with Gasteiger partial charge in [-0.25, -0.2) is 9.36 Å². The zero-order valence-corrected chi connectivity index (χ0v) is 18.2. The second-order valence-corrected chi connectivity index (χ2v) is 7.21. The van der Waals surface area contributed by atoms with E-state index in [-0.39, 0.29) is 17.0 Å². The number of nitrogens with one attached hydrogen (secondary N) is 2. The molecule has 154 valence electrons. The number of H-pyrrole nitrogens is 1. The number of halogens is 1. The average Bonchev–Trinajstić information content (AvgIpc) is 3.14. The normalized spacial score (nSPS) is 10.5. The molecule has 0 spiro atoms. The number of nitrogens with two attached hydrogens (primary N) is 1. The molecule has 0 fully saturated rings. The molecule has 2 amide bonds. The lowest BCUT2D eigenvalue weighted by Gasteiger charge is -2.04. The van der Waals surface area contributed by atoms with Crippen molar-refractivity contribution in [1.82, 2.24) is 4.98 Å².